The minimum Gasteiger partial charge on any atom is -0.504 e. The Kier molecular flexibility index (Phi) is 4.32. The molecule has 0 radical (unpaired) electrons. The Morgan fingerprint density at radius 1 is 1.20 bits per heavy atom. The summed E-state index contributed by atoms with van der Waals surface area (Å²) in [5.74, 6) is 1.48. The largest absolute Gasteiger partial charge is 0.504 e. The van der Waals surface area contributed by atoms with Crippen molar-refractivity contribution in [2.45, 2.75) is 12.3 Å². The second-order valence-electron chi connectivity index (χ2n) is 6.93. The predicted molar refractivity (Wildman–Crippen MR) is 113 cm³/mol. The van der Waals surface area contributed by atoms with Crippen molar-refractivity contribution in [3.05, 3.63) is 53.7 Å². The van der Waals surface area contributed by atoms with E-state index >= 15 is 0 Å². The maximum atomic E-state index is 12.5. The first-order valence-electron chi connectivity index (χ1n) is 9.27. The second-order valence-corrected chi connectivity index (χ2v) is 7.94. The number of nitrogens with one attached hydrogen (secondary N) is 1. The third kappa shape index (κ3) is 2.94. The van der Waals surface area contributed by atoms with Crippen molar-refractivity contribution in [1.29, 1.82) is 0 Å². The molecule has 0 spiro atoms. The topological polar surface area (TPSA) is 98.5 Å². The van der Waals surface area contributed by atoms with Gasteiger partial charge in [-0.2, -0.15) is 9.78 Å². The van der Waals surface area contributed by atoms with E-state index in [9.17, 15) is 9.90 Å². The zero-order valence-corrected chi connectivity index (χ0v) is 17.1. The summed E-state index contributed by atoms with van der Waals surface area (Å²) >= 11 is 1.47. The van der Waals surface area contributed by atoms with Crippen LogP contribution in [0, 0.1) is 0 Å². The van der Waals surface area contributed by atoms with Crippen LogP contribution in [0.25, 0.3) is 15.3 Å². The van der Waals surface area contributed by atoms with Crippen LogP contribution >= 0.6 is 11.3 Å². The zero-order valence-electron chi connectivity index (χ0n) is 16.2. The smallest absolute Gasteiger partial charge is 0.226 e. The molecule has 152 valence electrons. The Balaban J connectivity index is 1.59. The molecule has 1 amide bonds. The maximum absolute atomic E-state index is 12.5. The normalized spacial score (nSPS) is 15.7. The summed E-state index contributed by atoms with van der Waals surface area (Å²) in [5.41, 5.74) is 2.59. The summed E-state index contributed by atoms with van der Waals surface area (Å²) in [4.78, 5) is 17.2. The number of nitrogens with zero attached hydrogens (tertiary/aromatic N) is 3. The van der Waals surface area contributed by atoms with Gasteiger partial charge in [0.15, 0.2) is 11.5 Å². The van der Waals surface area contributed by atoms with Gasteiger partial charge in [0.2, 0.25) is 11.0 Å². The van der Waals surface area contributed by atoms with Crippen LogP contribution < -0.4 is 14.8 Å². The lowest BCUT2D eigenvalue weighted by atomic mass is 9.87. The van der Waals surface area contributed by atoms with Crippen LogP contribution in [0.4, 0.5) is 5.82 Å². The van der Waals surface area contributed by atoms with E-state index in [0.717, 1.165) is 27.1 Å². The van der Waals surface area contributed by atoms with Crippen LogP contribution in [0.2, 0.25) is 0 Å². The van der Waals surface area contributed by atoms with E-state index in [0.29, 0.717) is 16.7 Å². The summed E-state index contributed by atoms with van der Waals surface area (Å²) in [6, 6.07) is 10.8. The SMILES string of the molecule is COc1ccc2nc(-n3ncc4c3NC(=O)C[C@H]4c3ccc(O)c(OC)c3)sc2c1. The summed E-state index contributed by atoms with van der Waals surface area (Å²) in [6.07, 6.45) is 2.04. The van der Waals surface area contributed by atoms with Crippen LogP contribution in [0.5, 0.6) is 17.2 Å². The van der Waals surface area contributed by atoms with E-state index in [1.54, 1.807) is 36.2 Å². The minimum absolute atomic E-state index is 0.0577. The van der Waals surface area contributed by atoms with Crippen molar-refractivity contribution in [1.82, 2.24) is 14.8 Å². The number of aromatic nitrogens is 3. The number of phenolic OH excluding ortho intramolecular Hbond substituents is 1. The van der Waals surface area contributed by atoms with Crippen LogP contribution in [0.3, 0.4) is 0 Å². The third-order valence-electron chi connectivity index (χ3n) is 5.19. The number of amides is 1. The molecule has 0 saturated carbocycles. The molecule has 0 unspecified atom stereocenters. The minimum atomic E-state index is -0.202. The summed E-state index contributed by atoms with van der Waals surface area (Å²) in [6.45, 7) is 0. The summed E-state index contributed by atoms with van der Waals surface area (Å²) < 4.78 is 13.1. The lowest BCUT2D eigenvalue weighted by Crippen LogP contribution is -2.24. The van der Waals surface area contributed by atoms with Gasteiger partial charge in [-0.1, -0.05) is 17.4 Å². The van der Waals surface area contributed by atoms with Gasteiger partial charge in [0, 0.05) is 17.9 Å². The van der Waals surface area contributed by atoms with Gasteiger partial charge in [-0.15, -0.1) is 0 Å². The molecule has 9 heteroatoms. The van der Waals surface area contributed by atoms with Crippen LogP contribution in [0.15, 0.2) is 42.6 Å². The van der Waals surface area contributed by atoms with Gasteiger partial charge in [0.05, 0.1) is 30.6 Å². The standard InChI is InChI=1S/C21H18N4O4S/c1-28-12-4-5-15-18(8-12)30-21(23-15)25-20-14(10-22-25)13(9-19(27)24-20)11-3-6-16(26)17(7-11)29-2/h3-8,10,13,26H,9H2,1-2H3,(H,24,27)/t13-/m0/s1. The number of methoxy groups -OCH3 is 2. The molecular formula is C21H18N4O4S. The Labute approximate surface area is 175 Å². The highest BCUT2D eigenvalue weighted by atomic mass is 32.1. The lowest BCUT2D eigenvalue weighted by molar-refractivity contribution is -0.116. The fourth-order valence-corrected chi connectivity index (χ4v) is 4.64. The number of fused-ring (bicyclic) bond motifs is 2. The van der Waals surface area contributed by atoms with Crippen molar-refractivity contribution in [2.75, 3.05) is 19.5 Å². The fraction of sp³-hybridized carbons (Fsp3) is 0.190. The number of ether oxygens (including phenoxy) is 2. The Morgan fingerprint density at radius 2 is 2.07 bits per heavy atom. The molecule has 1 aliphatic rings. The van der Waals surface area contributed by atoms with Gasteiger partial charge in [-0.25, -0.2) is 4.98 Å². The van der Waals surface area contributed by atoms with Crippen molar-refractivity contribution in [2.24, 2.45) is 0 Å². The van der Waals surface area contributed by atoms with E-state index in [2.05, 4.69) is 15.4 Å². The van der Waals surface area contributed by atoms with Crippen molar-refractivity contribution < 1.29 is 19.4 Å². The molecule has 0 bridgehead atoms. The molecule has 1 aliphatic heterocycles. The summed E-state index contributed by atoms with van der Waals surface area (Å²) in [5, 5.41) is 18.0. The number of aromatic hydroxyl groups is 1. The monoisotopic (exact) mass is 422 g/mol. The molecule has 2 N–H and O–H groups in total. The fourth-order valence-electron chi connectivity index (χ4n) is 3.68. The Bertz CT molecular complexity index is 1280. The molecule has 0 aliphatic carbocycles. The van der Waals surface area contributed by atoms with E-state index < -0.39 is 0 Å². The average molecular weight is 422 g/mol. The number of rotatable bonds is 4. The van der Waals surface area contributed by atoms with Gasteiger partial charge in [-0.3, -0.25) is 4.79 Å². The second kappa shape index (κ2) is 7.03. The molecule has 5 rings (SSSR count). The quantitative estimate of drug-likeness (QED) is 0.521. The van der Waals surface area contributed by atoms with E-state index in [1.807, 2.05) is 18.2 Å². The first kappa shape index (κ1) is 18.4. The molecule has 0 fully saturated rings. The highest BCUT2D eigenvalue weighted by Gasteiger charge is 2.31. The van der Waals surface area contributed by atoms with Crippen LogP contribution in [0.1, 0.15) is 23.5 Å². The molecule has 4 aromatic rings. The molecule has 1 atom stereocenters. The van der Waals surface area contributed by atoms with E-state index in [1.165, 1.54) is 18.4 Å². The first-order chi connectivity index (χ1) is 14.6. The highest BCUT2D eigenvalue weighted by molar-refractivity contribution is 7.20. The van der Waals surface area contributed by atoms with Gasteiger partial charge < -0.3 is 19.9 Å². The van der Waals surface area contributed by atoms with Gasteiger partial charge in [-0.05, 0) is 35.9 Å². The van der Waals surface area contributed by atoms with E-state index in [4.69, 9.17) is 9.47 Å². The van der Waals surface area contributed by atoms with Crippen LogP contribution in [-0.4, -0.2) is 40.0 Å². The first-order valence-corrected chi connectivity index (χ1v) is 10.1. The molecule has 2 aromatic heterocycles. The Hall–Kier alpha value is -3.59. The number of anilines is 1. The molecule has 30 heavy (non-hydrogen) atoms. The van der Waals surface area contributed by atoms with E-state index in [-0.39, 0.29) is 24.0 Å². The van der Waals surface area contributed by atoms with Gasteiger partial charge >= 0.3 is 0 Å². The lowest BCUT2D eigenvalue weighted by Gasteiger charge is -2.23. The van der Waals surface area contributed by atoms with Crippen molar-refractivity contribution in [3.8, 4) is 22.4 Å². The molecule has 8 nitrogen and oxygen atoms in total. The maximum Gasteiger partial charge on any atom is 0.226 e. The van der Waals surface area contributed by atoms with Gasteiger partial charge in [0.1, 0.15) is 11.6 Å². The predicted octanol–water partition coefficient (Wildman–Crippen LogP) is 3.68. The molecular weight excluding hydrogens is 404 g/mol. The molecule has 3 heterocycles. The number of hydrogen-bond donors (Lipinski definition) is 2. The van der Waals surface area contributed by atoms with Gasteiger partial charge in [0.25, 0.3) is 0 Å². The summed E-state index contributed by atoms with van der Waals surface area (Å²) in [7, 11) is 3.12. The highest BCUT2D eigenvalue weighted by Crippen LogP contribution is 2.41. The van der Waals surface area contributed by atoms with Crippen molar-refractivity contribution >= 4 is 33.3 Å². The van der Waals surface area contributed by atoms with Crippen LogP contribution in [-0.2, 0) is 4.79 Å². The number of carbonyl (C=O) groups excluding carboxylic acids is 1. The number of hydrogen-bond acceptors (Lipinski definition) is 7. The average Bonchev–Trinajstić information content (AvgIpc) is 3.36. The molecule has 0 saturated heterocycles. The third-order valence-corrected chi connectivity index (χ3v) is 6.19. The number of phenols is 1. The van der Waals surface area contributed by atoms with Crippen molar-refractivity contribution in [3.63, 3.8) is 0 Å². The Morgan fingerprint density at radius 3 is 2.87 bits per heavy atom. The molecule has 2 aromatic carbocycles. The zero-order chi connectivity index (χ0) is 20.8. The number of benzene rings is 2. The number of carbonyl (C=O) groups is 1. The number of thiazole rings is 1.